The number of para-hydroxylation sites is 1. The molecule has 162 valence electrons. The van der Waals surface area contributed by atoms with E-state index in [-0.39, 0.29) is 17.9 Å². The number of rotatable bonds is 5. The average Bonchev–Trinajstić information content (AvgIpc) is 3.04. The van der Waals surface area contributed by atoms with Gasteiger partial charge in [0.2, 0.25) is 0 Å². The molecule has 0 atom stereocenters. The van der Waals surface area contributed by atoms with E-state index < -0.39 is 0 Å². The number of carbonyl (C=O) groups is 2. The Morgan fingerprint density at radius 2 is 1.45 bits per heavy atom. The molecule has 0 radical (unpaired) electrons. The highest BCUT2D eigenvalue weighted by molar-refractivity contribution is 6.36. The first-order valence-corrected chi connectivity index (χ1v) is 11.2. The molecule has 2 aliphatic rings. The molecular formula is C26H30N2O3. The first-order chi connectivity index (χ1) is 15.1. The van der Waals surface area contributed by atoms with Crippen LogP contribution >= 0.6 is 0 Å². The third kappa shape index (κ3) is 4.22. The number of ether oxygens (including phenoxy) is 1. The van der Waals surface area contributed by atoms with Gasteiger partial charge in [-0.1, -0.05) is 62.4 Å². The van der Waals surface area contributed by atoms with Crippen molar-refractivity contribution in [2.45, 2.75) is 51.0 Å². The standard InChI is InChI=1S/C26H30N2O3/c1-27(20-11-9-6-10-12-20)24-23(19-15-17-22(31-2)18-16-19)25(29)28(26(24)30)21-13-7-4-3-5-8-14-21/h6,9-12,15-18,21H,3-5,7-8,13-14H2,1-2H3. The van der Waals surface area contributed by atoms with E-state index in [1.165, 1.54) is 19.3 Å². The molecule has 1 aliphatic carbocycles. The lowest BCUT2D eigenvalue weighted by Gasteiger charge is -2.29. The molecule has 0 unspecified atom stereocenters. The van der Waals surface area contributed by atoms with Crippen LogP contribution in [0.5, 0.6) is 5.75 Å². The molecule has 1 fully saturated rings. The van der Waals surface area contributed by atoms with Crippen LogP contribution in [-0.4, -0.2) is 36.9 Å². The molecule has 5 heteroatoms. The molecule has 4 rings (SSSR count). The highest BCUT2D eigenvalue weighted by Crippen LogP contribution is 2.37. The van der Waals surface area contributed by atoms with Crippen LogP contribution in [0.15, 0.2) is 60.3 Å². The average molecular weight is 419 g/mol. The zero-order chi connectivity index (χ0) is 21.8. The largest absolute Gasteiger partial charge is 0.497 e. The van der Waals surface area contributed by atoms with Gasteiger partial charge in [0, 0.05) is 18.8 Å². The van der Waals surface area contributed by atoms with Gasteiger partial charge < -0.3 is 9.64 Å². The fourth-order valence-corrected chi connectivity index (χ4v) is 4.67. The molecule has 0 saturated heterocycles. The molecule has 1 saturated carbocycles. The van der Waals surface area contributed by atoms with Gasteiger partial charge in [0.1, 0.15) is 11.4 Å². The fraction of sp³-hybridized carbons (Fsp3) is 0.385. The molecule has 1 heterocycles. The van der Waals surface area contributed by atoms with Gasteiger partial charge in [-0.25, -0.2) is 0 Å². The third-order valence-electron chi connectivity index (χ3n) is 6.39. The fourth-order valence-electron chi connectivity index (χ4n) is 4.67. The van der Waals surface area contributed by atoms with Gasteiger partial charge in [0.15, 0.2) is 0 Å². The van der Waals surface area contributed by atoms with E-state index in [4.69, 9.17) is 4.74 Å². The van der Waals surface area contributed by atoms with Crippen LogP contribution in [0.3, 0.4) is 0 Å². The second-order valence-corrected chi connectivity index (χ2v) is 8.33. The molecule has 0 N–H and O–H groups in total. The molecule has 0 aromatic heterocycles. The summed E-state index contributed by atoms with van der Waals surface area (Å²) in [5, 5.41) is 0. The zero-order valence-corrected chi connectivity index (χ0v) is 18.3. The maximum Gasteiger partial charge on any atom is 0.278 e. The van der Waals surface area contributed by atoms with Crippen LogP contribution < -0.4 is 9.64 Å². The van der Waals surface area contributed by atoms with Gasteiger partial charge in [0.05, 0.1) is 12.7 Å². The first kappa shape index (κ1) is 21.2. The maximum absolute atomic E-state index is 13.7. The number of likely N-dealkylation sites (N-methyl/N-ethyl adjacent to an activating group) is 1. The predicted octanol–water partition coefficient (Wildman–Crippen LogP) is 5.02. The van der Waals surface area contributed by atoms with Crippen LogP contribution in [0, 0.1) is 0 Å². The Kier molecular flexibility index (Phi) is 6.40. The van der Waals surface area contributed by atoms with Gasteiger partial charge in [0.25, 0.3) is 11.8 Å². The molecule has 2 aromatic rings. The molecule has 2 aromatic carbocycles. The SMILES string of the molecule is COc1ccc(C2=C(N(C)c3ccccc3)C(=O)N(C3CCCCCCC3)C2=O)cc1. The number of nitrogens with zero attached hydrogens (tertiary/aromatic N) is 2. The van der Waals surface area contributed by atoms with Crippen LogP contribution in [0.25, 0.3) is 5.57 Å². The van der Waals surface area contributed by atoms with E-state index in [9.17, 15) is 9.59 Å². The summed E-state index contributed by atoms with van der Waals surface area (Å²) in [4.78, 5) is 30.8. The molecule has 0 spiro atoms. The molecule has 0 bridgehead atoms. The molecule has 2 amide bonds. The lowest BCUT2D eigenvalue weighted by Crippen LogP contribution is -2.42. The molecule has 31 heavy (non-hydrogen) atoms. The van der Waals surface area contributed by atoms with E-state index in [2.05, 4.69) is 0 Å². The number of hydrogen-bond donors (Lipinski definition) is 0. The summed E-state index contributed by atoms with van der Waals surface area (Å²) in [6.07, 6.45) is 7.47. The predicted molar refractivity (Wildman–Crippen MR) is 123 cm³/mol. The number of imide groups is 1. The van der Waals surface area contributed by atoms with Crippen LogP contribution in [0.4, 0.5) is 5.69 Å². The lowest BCUT2D eigenvalue weighted by molar-refractivity contribution is -0.140. The lowest BCUT2D eigenvalue weighted by atomic mass is 9.95. The monoisotopic (exact) mass is 418 g/mol. The molecular weight excluding hydrogens is 388 g/mol. The summed E-state index contributed by atoms with van der Waals surface area (Å²) in [6.45, 7) is 0. The summed E-state index contributed by atoms with van der Waals surface area (Å²) < 4.78 is 5.28. The van der Waals surface area contributed by atoms with Crippen molar-refractivity contribution in [3.63, 3.8) is 0 Å². The second kappa shape index (κ2) is 9.38. The number of hydrogen-bond acceptors (Lipinski definition) is 4. The van der Waals surface area contributed by atoms with Crippen molar-refractivity contribution in [2.24, 2.45) is 0 Å². The summed E-state index contributed by atoms with van der Waals surface area (Å²) >= 11 is 0. The van der Waals surface area contributed by atoms with Crippen molar-refractivity contribution in [1.29, 1.82) is 0 Å². The van der Waals surface area contributed by atoms with Crippen molar-refractivity contribution in [1.82, 2.24) is 4.90 Å². The van der Waals surface area contributed by atoms with Crippen molar-refractivity contribution < 1.29 is 14.3 Å². The number of benzene rings is 2. The topological polar surface area (TPSA) is 49.9 Å². The minimum Gasteiger partial charge on any atom is -0.497 e. The van der Waals surface area contributed by atoms with Gasteiger partial charge in [-0.05, 0) is 42.7 Å². The Labute approximate surface area is 184 Å². The van der Waals surface area contributed by atoms with Crippen molar-refractivity contribution in [3.05, 3.63) is 65.9 Å². The van der Waals surface area contributed by atoms with E-state index in [0.717, 1.165) is 42.7 Å². The Hall–Kier alpha value is -3.08. The van der Waals surface area contributed by atoms with E-state index in [1.54, 1.807) is 12.0 Å². The number of methoxy groups -OCH3 is 1. The van der Waals surface area contributed by atoms with E-state index >= 15 is 0 Å². The summed E-state index contributed by atoms with van der Waals surface area (Å²) in [7, 11) is 3.48. The Bertz CT molecular complexity index is 958. The van der Waals surface area contributed by atoms with E-state index in [0.29, 0.717) is 11.3 Å². The summed E-state index contributed by atoms with van der Waals surface area (Å²) in [5.41, 5.74) is 2.54. The molecule has 5 nitrogen and oxygen atoms in total. The quantitative estimate of drug-likeness (QED) is 0.640. The van der Waals surface area contributed by atoms with Crippen molar-refractivity contribution >= 4 is 23.1 Å². The summed E-state index contributed by atoms with van der Waals surface area (Å²) in [5.74, 6) is 0.349. The third-order valence-corrected chi connectivity index (χ3v) is 6.39. The minimum absolute atomic E-state index is 0.0322. The zero-order valence-electron chi connectivity index (χ0n) is 18.3. The highest BCUT2D eigenvalue weighted by atomic mass is 16.5. The summed E-state index contributed by atoms with van der Waals surface area (Å²) in [6, 6.07) is 17.1. The van der Waals surface area contributed by atoms with Crippen LogP contribution in [0.2, 0.25) is 0 Å². The number of carbonyl (C=O) groups excluding carboxylic acids is 2. The van der Waals surface area contributed by atoms with Crippen molar-refractivity contribution in [3.8, 4) is 5.75 Å². The van der Waals surface area contributed by atoms with Gasteiger partial charge in [-0.3, -0.25) is 14.5 Å². The van der Waals surface area contributed by atoms with Gasteiger partial charge in [-0.2, -0.15) is 0 Å². The Morgan fingerprint density at radius 3 is 2.06 bits per heavy atom. The second-order valence-electron chi connectivity index (χ2n) is 8.33. The smallest absolute Gasteiger partial charge is 0.278 e. The highest BCUT2D eigenvalue weighted by Gasteiger charge is 2.44. The van der Waals surface area contributed by atoms with Gasteiger partial charge >= 0.3 is 0 Å². The Morgan fingerprint density at radius 1 is 0.839 bits per heavy atom. The Balaban J connectivity index is 1.76. The normalized spacial score (nSPS) is 18.2. The molecule has 1 aliphatic heterocycles. The van der Waals surface area contributed by atoms with Crippen LogP contribution in [0.1, 0.15) is 50.5 Å². The van der Waals surface area contributed by atoms with Crippen LogP contribution in [-0.2, 0) is 9.59 Å². The van der Waals surface area contributed by atoms with E-state index in [1.807, 2.05) is 66.5 Å². The number of anilines is 1. The minimum atomic E-state index is -0.187. The van der Waals surface area contributed by atoms with Crippen molar-refractivity contribution in [2.75, 3.05) is 19.1 Å². The maximum atomic E-state index is 13.7. The first-order valence-electron chi connectivity index (χ1n) is 11.2. The van der Waals surface area contributed by atoms with Gasteiger partial charge in [-0.15, -0.1) is 0 Å². The number of amides is 2.